The second kappa shape index (κ2) is 5.22. The maximum absolute atomic E-state index is 12.9. The van der Waals surface area contributed by atoms with E-state index in [1.807, 2.05) is 33.7 Å². The lowest BCUT2D eigenvalue weighted by Gasteiger charge is -2.22. The molecule has 5 heteroatoms. The Hall–Kier alpha value is -2.58. The highest BCUT2D eigenvalue weighted by molar-refractivity contribution is 5.99. The topological polar surface area (TPSA) is 58.4 Å². The summed E-state index contributed by atoms with van der Waals surface area (Å²) in [7, 11) is 0. The average Bonchev–Trinajstić information content (AvgIpc) is 3.16. The summed E-state index contributed by atoms with van der Waals surface area (Å²) in [5, 5.41) is 9.89. The first-order valence-electron chi connectivity index (χ1n) is 8.19. The third-order valence-electron chi connectivity index (χ3n) is 4.51. The molecule has 0 radical (unpaired) electrons. The van der Waals surface area contributed by atoms with E-state index in [9.17, 15) is 9.90 Å². The highest BCUT2D eigenvalue weighted by atomic mass is 16.3. The number of aliphatic hydroxyl groups is 1. The van der Waals surface area contributed by atoms with E-state index in [0.717, 1.165) is 30.8 Å². The predicted molar refractivity (Wildman–Crippen MR) is 89.8 cm³/mol. The van der Waals surface area contributed by atoms with E-state index in [-0.39, 0.29) is 11.9 Å². The van der Waals surface area contributed by atoms with E-state index in [1.54, 1.807) is 20.2 Å². The van der Waals surface area contributed by atoms with Gasteiger partial charge in [0, 0.05) is 6.54 Å². The van der Waals surface area contributed by atoms with Crippen LogP contribution in [0.15, 0.2) is 30.6 Å². The molecule has 0 saturated carbocycles. The first-order valence-corrected chi connectivity index (χ1v) is 8.19. The number of amides is 1. The number of carbonyl (C=O) groups excluding carboxylic acids is 1. The Kier molecular flexibility index (Phi) is 3.26. The molecule has 2 aromatic rings. The molecule has 5 nitrogen and oxygen atoms in total. The predicted octanol–water partition coefficient (Wildman–Crippen LogP) is 2.29. The normalized spacial score (nSPS) is 19.0. The second-order valence-electron chi connectivity index (χ2n) is 6.83. The molecule has 0 spiro atoms. The number of para-hydroxylation sites is 1. The molecule has 2 aliphatic rings. The Morgan fingerprint density at radius 3 is 2.92 bits per heavy atom. The fraction of sp³-hybridized carbons (Fsp3) is 0.368. The first kappa shape index (κ1) is 15.0. The summed E-state index contributed by atoms with van der Waals surface area (Å²) in [4.78, 5) is 19.3. The third-order valence-corrected chi connectivity index (χ3v) is 4.51. The Balaban J connectivity index is 1.95. The van der Waals surface area contributed by atoms with E-state index < -0.39 is 5.60 Å². The molecule has 0 unspecified atom stereocenters. The van der Waals surface area contributed by atoms with E-state index in [0.29, 0.717) is 11.3 Å². The van der Waals surface area contributed by atoms with Gasteiger partial charge in [-0.2, -0.15) is 0 Å². The quantitative estimate of drug-likeness (QED) is 0.757. The summed E-state index contributed by atoms with van der Waals surface area (Å²) in [5.74, 6) is 5.91. The van der Waals surface area contributed by atoms with E-state index >= 15 is 0 Å². The first-order chi connectivity index (χ1) is 11.5. The summed E-state index contributed by atoms with van der Waals surface area (Å²) in [5.41, 5.74) is 2.05. The van der Waals surface area contributed by atoms with E-state index in [1.165, 1.54) is 0 Å². The van der Waals surface area contributed by atoms with Crippen molar-refractivity contribution in [3.05, 3.63) is 47.5 Å². The molecule has 4 rings (SSSR count). The molecule has 0 bridgehead atoms. The minimum Gasteiger partial charge on any atom is -0.378 e. The number of hydrogen-bond donors (Lipinski definition) is 1. The summed E-state index contributed by atoms with van der Waals surface area (Å²) in [6, 6.07) is 7.60. The fourth-order valence-corrected chi connectivity index (χ4v) is 3.49. The van der Waals surface area contributed by atoms with Gasteiger partial charge in [0.25, 0.3) is 5.91 Å². The smallest absolute Gasteiger partial charge is 0.256 e. The van der Waals surface area contributed by atoms with Crippen LogP contribution in [0, 0.1) is 11.8 Å². The van der Waals surface area contributed by atoms with Gasteiger partial charge in [0.1, 0.15) is 17.6 Å². The van der Waals surface area contributed by atoms with Crippen LogP contribution in [-0.4, -0.2) is 37.6 Å². The van der Waals surface area contributed by atoms with Crippen LogP contribution in [-0.2, 0) is 0 Å². The molecule has 2 aliphatic heterocycles. The molecule has 1 N–H and O–H groups in total. The van der Waals surface area contributed by atoms with Gasteiger partial charge in [-0.25, -0.2) is 4.98 Å². The number of hydrogen-bond acceptors (Lipinski definition) is 3. The van der Waals surface area contributed by atoms with Crippen molar-refractivity contribution in [1.82, 2.24) is 14.5 Å². The molecular weight excluding hydrogens is 302 g/mol. The van der Waals surface area contributed by atoms with Gasteiger partial charge in [-0.05, 0) is 44.7 Å². The zero-order valence-corrected chi connectivity index (χ0v) is 13.8. The van der Waals surface area contributed by atoms with Crippen molar-refractivity contribution in [3.8, 4) is 17.5 Å². The Bertz CT molecular complexity index is 880. The molecule has 3 heterocycles. The fourth-order valence-electron chi connectivity index (χ4n) is 3.49. The lowest BCUT2D eigenvalue weighted by Crippen LogP contribution is -2.29. The molecule has 24 heavy (non-hydrogen) atoms. The molecule has 1 amide bonds. The molecule has 1 saturated heterocycles. The van der Waals surface area contributed by atoms with Crippen LogP contribution in [0.5, 0.6) is 0 Å². The highest BCUT2D eigenvalue weighted by Gasteiger charge is 2.38. The summed E-state index contributed by atoms with van der Waals surface area (Å²) in [6.45, 7) is 4.05. The highest BCUT2D eigenvalue weighted by Crippen LogP contribution is 2.39. The molecule has 1 aromatic carbocycles. The van der Waals surface area contributed by atoms with Gasteiger partial charge in [0.05, 0.1) is 23.0 Å². The van der Waals surface area contributed by atoms with Crippen LogP contribution in [0.2, 0.25) is 0 Å². The lowest BCUT2D eigenvalue weighted by atomic mass is 10.1. The minimum absolute atomic E-state index is 0.0153. The largest absolute Gasteiger partial charge is 0.378 e. The van der Waals surface area contributed by atoms with Crippen LogP contribution < -0.4 is 0 Å². The molecule has 1 fully saturated rings. The summed E-state index contributed by atoms with van der Waals surface area (Å²) in [6.07, 6.45) is 3.61. The zero-order valence-electron chi connectivity index (χ0n) is 13.8. The van der Waals surface area contributed by atoms with Crippen LogP contribution in [0.25, 0.3) is 5.69 Å². The second-order valence-corrected chi connectivity index (χ2v) is 6.83. The SMILES string of the molecule is CC(C)(O)C#Cc1ncn2c1[C@@H]1CCCN1C(=O)c1ccccc1-2. The maximum Gasteiger partial charge on any atom is 0.256 e. The van der Waals surface area contributed by atoms with Gasteiger partial charge in [-0.3, -0.25) is 9.36 Å². The number of nitrogens with zero attached hydrogens (tertiary/aromatic N) is 3. The van der Waals surface area contributed by atoms with Gasteiger partial charge in [-0.15, -0.1) is 0 Å². The van der Waals surface area contributed by atoms with E-state index in [4.69, 9.17) is 0 Å². The zero-order chi connectivity index (χ0) is 16.9. The number of aromatic nitrogens is 2. The van der Waals surface area contributed by atoms with Crippen LogP contribution in [0.1, 0.15) is 54.5 Å². The Labute approximate surface area is 140 Å². The molecule has 0 aliphatic carbocycles. The van der Waals surface area contributed by atoms with Crippen molar-refractivity contribution in [2.45, 2.75) is 38.3 Å². The van der Waals surface area contributed by atoms with Crippen LogP contribution >= 0.6 is 0 Å². The van der Waals surface area contributed by atoms with Crippen molar-refractivity contribution < 1.29 is 9.90 Å². The number of rotatable bonds is 0. The molecule has 1 atom stereocenters. The minimum atomic E-state index is -1.08. The molecule has 1 aromatic heterocycles. The summed E-state index contributed by atoms with van der Waals surface area (Å²) < 4.78 is 1.98. The van der Waals surface area contributed by atoms with Gasteiger partial charge >= 0.3 is 0 Å². The van der Waals surface area contributed by atoms with Gasteiger partial charge in [0.2, 0.25) is 0 Å². The standard InChI is InChI=1S/C19H19N3O2/c1-19(2,24)10-9-14-17-16-8-5-11-21(16)18(23)13-6-3-4-7-15(13)22(17)12-20-14/h3-4,6-7,12,16,24H,5,8,11H2,1-2H3/t16-/m0/s1. The van der Waals surface area contributed by atoms with Crippen molar-refractivity contribution in [2.24, 2.45) is 0 Å². The number of fused-ring (bicyclic) bond motifs is 5. The molecular formula is C19H19N3O2. The average molecular weight is 321 g/mol. The number of benzene rings is 1. The van der Waals surface area contributed by atoms with Crippen LogP contribution in [0.4, 0.5) is 0 Å². The Morgan fingerprint density at radius 1 is 1.33 bits per heavy atom. The van der Waals surface area contributed by atoms with Crippen LogP contribution in [0.3, 0.4) is 0 Å². The number of carbonyl (C=O) groups is 1. The van der Waals surface area contributed by atoms with Crippen molar-refractivity contribution in [2.75, 3.05) is 6.54 Å². The van der Waals surface area contributed by atoms with Crippen molar-refractivity contribution in [3.63, 3.8) is 0 Å². The van der Waals surface area contributed by atoms with Gasteiger partial charge < -0.3 is 10.0 Å². The lowest BCUT2D eigenvalue weighted by molar-refractivity contribution is 0.0738. The van der Waals surface area contributed by atoms with Gasteiger partial charge in [-0.1, -0.05) is 18.1 Å². The molecule has 122 valence electrons. The van der Waals surface area contributed by atoms with Crippen molar-refractivity contribution in [1.29, 1.82) is 0 Å². The monoisotopic (exact) mass is 321 g/mol. The summed E-state index contributed by atoms with van der Waals surface area (Å²) >= 11 is 0. The maximum atomic E-state index is 12.9. The van der Waals surface area contributed by atoms with Gasteiger partial charge in [0.15, 0.2) is 0 Å². The third kappa shape index (κ3) is 2.31. The number of imidazole rings is 1. The van der Waals surface area contributed by atoms with E-state index in [2.05, 4.69) is 16.8 Å². The Morgan fingerprint density at radius 2 is 2.12 bits per heavy atom. The van der Waals surface area contributed by atoms with Crippen molar-refractivity contribution >= 4 is 5.91 Å².